The summed E-state index contributed by atoms with van der Waals surface area (Å²) in [6.07, 6.45) is 0. The molecule has 0 aromatic heterocycles. The molecule has 0 atom stereocenters. The Bertz CT molecular complexity index is 3600. The Labute approximate surface area is 374 Å². The molecule has 0 unspecified atom stereocenters. The molecule has 0 amide bonds. The summed E-state index contributed by atoms with van der Waals surface area (Å²) in [5.41, 5.74) is 17.2. The predicted octanol–water partition coefficient (Wildman–Crippen LogP) is 18.0. The Balaban J connectivity index is 0.845. The molecule has 0 heteroatoms. The molecule has 0 radical (unpaired) electrons. The minimum absolute atomic E-state index is 1.20. The molecule has 0 nitrogen and oxygen atoms in total. The van der Waals surface area contributed by atoms with E-state index in [1.165, 1.54) is 121 Å². The summed E-state index contributed by atoms with van der Waals surface area (Å²) in [4.78, 5) is 0. The van der Waals surface area contributed by atoms with E-state index in [1.807, 2.05) is 0 Å². The highest BCUT2D eigenvalue weighted by Gasteiger charge is 2.17. The minimum Gasteiger partial charge on any atom is -0.0622 e. The zero-order valence-electron chi connectivity index (χ0n) is 35.2. The van der Waals surface area contributed by atoms with Crippen LogP contribution < -0.4 is 0 Å². The molecule has 0 N–H and O–H groups in total. The maximum Gasteiger partial charge on any atom is -0.00264 e. The SMILES string of the molecule is c1ccc(-c2cccc3ccc(-c4ccc(-c5c6ccccc6c(-c6ccc(-c7ccc(-c8ccc(-c9ccc%10ccccc%10c9)cc8)cc7)cc6)c6ccccc56)cc4)cc23)cc1. The van der Waals surface area contributed by atoms with E-state index in [9.17, 15) is 0 Å². The van der Waals surface area contributed by atoms with E-state index < -0.39 is 0 Å². The molecule has 0 aliphatic carbocycles. The zero-order valence-corrected chi connectivity index (χ0v) is 35.2. The van der Waals surface area contributed by atoms with Gasteiger partial charge in [-0.15, -0.1) is 0 Å². The van der Waals surface area contributed by atoms with Crippen LogP contribution in [0.2, 0.25) is 0 Å². The maximum atomic E-state index is 2.35. The number of hydrogen-bond donors (Lipinski definition) is 0. The van der Waals surface area contributed by atoms with Gasteiger partial charge in [0.05, 0.1) is 0 Å². The van der Waals surface area contributed by atoms with Crippen molar-refractivity contribution in [3.05, 3.63) is 255 Å². The Morgan fingerprint density at radius 2 is 0.500 bits per heavy atom. The molecule has 12 aromatic rings. The van der Waals surface area contributed by atoms with E-state index in [0.29, 0.717) is 0 Å². The molecule has 0 aliphatic heterocycles. The van der Waals surface area contributed by atoms with Crippen LogP contribution in [0.1, 0.15) is 0 Å². The summed E-state index contributed by atoms with van der Waals surface area (Å²) in [7, 11) is 0. The number of fused-ring (bicyclic) bond motifs is 4. The molecule has 12 aromatic carbocycles. The maximum absolute atomic E-state index is 2.35. The van der Waals surface area contributed by atoms with Crippen molar-refractivity contribution in [3.63, 3.8) is 0 Å². The summed E-state index contributed by atoms with van der Waals surface area (Å²) in [6, 6.07) is 93.4. The number of hydrogen-bond acceptors (Lipinski definition) is 0. The van der Waals surface area contributed by atoms with Gasteiger partial charge in [-0.25, -0.2) is 0 Å². The summed E-state index contributed by atoms with van der Waals surface area (Å²) in [5.74, 6) is 0. The van der Waals surface area contributed by atoms with Gasteiger partial charge in [-0.2, -0.15) is 0 Å². The first-order valence-corrected chi connectivity index (χ1v) is 22.1. The zero-order chi connectivity index (χ0) is 42.4. The average molecular weight is 811 g/mol. The van der Waals surface area contributed by atoms with Crippen molar-refractivity contribution in [2.45, 2.75) is 0 Å². The number of benzene rings is 12. The van der Waals surface area contributed by atoms with Crippen molar-refractivity contribution in [2.24, 2.45) is 0 Å². The summed E-state index contributed by atoms with van der Waals surface area (Å²) < 4.78 is 0. The Morgan fingerprint density at radius 1 is 0.156 bits per heavy atom. The highest BCUT2D eigenvalue weighted by Crippen LogP contribution is 2.44. The lowest BCUT2D eigenvalue weighted by Gasteiger charge is -2.18. The molecule has 0 aliphatic rings. The van der Waals surface area contributed by atoms with Gasteiger partial charge in [-0.05, 0) is 133 Å². The van der Waals surface area contributed by atoms with Crippen LogP contribution in [0.3, 0.4) is 0 Å². The van der Waals surface area contributed by atoms with E-state index in [2.05, 4.69) is 255 Å². The van der Waals surface area contributed by atoms with E-state index in [1.54, 1.807) is 0 Å². The Kier molecular flexibility index (Phi) is 9.28. The van der Waals surface area contributed by atoms with E-state index in [-0.39, 0.29) is 0 Å². The van der Waals surface area contributed by atoms with E-state index in [4.69, 9.17) is 0 Å². The van der Waals surface area contributed by atoms with Gasteiger partial charge in [-0.1, -0.05) is 243 Å². The van der Waals surface area contributed by atoms with Gasteiger partial charge in [0.2, 0.25) is 0 Å². The van der Waals surface area contributed by atoms with Gasteiger partial charge in [0.25, 0.3) is 0 Å². The lowest BCUT2D eigenvalue weighted by Crippen LogP contribution is -1.91. The fourth-order valence-electron chi connectivity index (χ4n) is 9.81. The normalized spacial score (nSPS) is 11.4. The second-order valence-electron chi connectivity index (χ2n) is 16.8. The Hall–Kier alpha value is -8.32. The molecule has 12 rings (SSSR count). The highest BCUT2D eigenvalue weighted by molar-refractivity contribution is 6.21. The van der Waals surface area contributed by atoms with Crippen LogP contribution in [-0.2, 0) is 0 Å². The Morgan fingerprint density at radius 3 is 0.984 bits per heavy atom. The van der Waals surface area contributed by atoms with Gasteiger partial charge < -0.3 is 0 Å². The molecule has 0 saturated heterocycles. The van der Waals surface area contributed by atoms with Crippen molar-refractivity contribution < 1.29 is 0 Å². The van der Waals surface area contributed by atoms with Crippen molar-refractivity contribution in [2.75, 3.05) is 0 Å². The third-order valence-electron chi connectivity index (χ3n) is 13.1. The molecule has 64 heavy (non-hydrogen) atoms. The first kappa shape index (κ1) is 37.4. The quantitative estimate of drug-likeness (QED) is 0.141. The topological polar surface area (TPSA) is 0 Å². The second kappa shape index (κ2) is 15.9. The third-order valence-corrected chi connectivity index (χ3v) is 13.1. The summed E-state index contributed by atoms with van der Waals surface area (Å²) in [5, 5.41) is 10.1. The summed E-state index contributed by atoms with van der Waals surface area (Å²) in [6.45, 7) is 0. The van der Waals surface area contributed by atoms with Crippen LogP contribution in [0.5, 0.6) is 0 Å². The molecule has 0 heterocycles. The minimum atomic E-state index is 1.20. The third kappa shape index (κ3) is 6.74. The molecule has 298 valence electrons. The fraction of sp³-hybridized carbons (Fsp3) is 0. The predicted molar refractivity (Wildman–Crippen MR) is 275 cm³/mol. The average Bonchev–Trinajstić information content (AvgIpc) is 3.38. The molecule has 0 spiro atoms. The molecular formula is C64H42. The van der Waals surface area contributed by atoms with Crippen LogP contribution in [0.25, 0.3) is 121 Å². The standard InChI is InChI=1S/C64H42/c1-2-12-50(13-3-1)57-20-10-15-51-34-40-56(42-62(51)57)49-31-37-53(38-32-49)64-60-18-8-6-16-58(60)63(59-17-7-9-19-61(59)64)52-35-29-47(30-36-52)45-23-21-44(22-24-45)46-25-27-48(28-26-46)55-39-33-43-11-4-5-14-54(43)41-55/h1-42H. The van der Waals surface area contributed by atoms with Crippen molar-refractivity contribution in [1.82, 2.24) is 0 Å². The largest absolute Gasteiger partial charge is 0.0622 e. The van der Waals surface area contributed by atoms with Crippen LogP contribution in [0.4, 0.5) is 0 Å². The van der Waals surface area contributed by atoms with Gasteiger partial charge in [0, 0.05) is 0 Å². The summed E-state index contributed by atoms with van der Waals surface area (Å²) >= 11 is 0. The van der Waals surface area contributed by atoms with E-state index >= 15 is 0 Å². The van der Waals surface area contributed by atoms with Gasteiger partial charge >= 0.3 is 0 Å². The fourth-order valence-corrected chi connectivity index (χ4v) is 9.81. The lowest BCUT2D eigenvalue weighted by molar-refractivity contribution is 1.58. The molecule has 0 bridgehead atoms. The van der Waals surface area contributed by atoms with Crippen LogP contribution in [0.15, 0.2) is 255 Å². The van der Waals surface area contributed by atoms with Crippen molar-refractivity contribution in [3.8, 4) is 77.9 Å². The second-order valence-corrected chi connectivity index (χ2v) is 16.8. The van der Waals surface area contributed by atoms with E-state index in [0.717, 1.165) is 0 Å². The van der Waals surface area contributed by atoms with Crippen LogP contribution >= 0.6 is 0 Å². The van der Waals surface area contributed by atoms with Crippen molar-refractivity contribution >= 4 is 43.1 Å². The molecular weight excluding hydrogens is 769 g/mol. The lowest BCUT2D eigenvalue weighted by atomic mass is 9.85. The first-order valence-electron chi connectivity index (χ1n) is 22.1. The first-order chi connectivity index (χ1) is 31.7. The monoisotopic (exact) mass is 810 g/mol. The van der Waals surface area contributed by atoms with Crippen molar-refractivity contribution in [1.29, 1.82) is 0 Å². The van der Waals surface area contributed by atoms with Gasteiger partial charge in [-0.3, -0.25) is 0 Å². The van der Waals surface area contributed by atoms with Gasteiger partial charge in [0.1, 0.15) is 0 Å². The van der Waals surface area contributed by atoms with Gasteiger partial charge in [0.15, 0.2) is 0 Å². The number of rotatable bonds is 7. The van der Waals surface area contributed by atoms with Crippen LogP contribution in [-0.4, -0.2) is 0 Å². The van der Waals surface area contributed by atoms with Crippen LogP contribution in [0, 0.1) is 0 Å². The highest BCUT2D eigenvalue weighted by atomic mass is 14.2. The smallest absolute Gasteiger partial charge is 0.00264 e. The molecule has 0 saturated carbocycles. The molecule has 0 fully saturated rings.